The van der Waals surface area contributed by atoms with Crippen LogP contribution in [0.3, 0.4) is 0 Å². The SMILES string of the molecule is N/C(=N/O)c1ccc(CNN2CCCCC2)cc1. The van der Waals surface area contributed by atoms with Crippen molar-refractivity contribution in [3.05, 3.63) is 35.4 Å². The van der Waals surface area contributed by atoms with E-state index in [0.717, 1.165) is 25.2 Å². The third-order valence-electron chi connectivity index (χ3n) is 3.22. The maximum absolute atomic E-state index is 8.58. The molecule has 0 unspecified atom stereocenters. The Morgan fingerprint density at radius 3 is 2.50 bits per heavy atom. The fraction of sp³-hybridized carbons (Fsp3) is 0.462. The number of benzene rings is 1. The molecule has 5 heteroatoms. The zero-order valence-corrected chi connectivity index (χ0v) is 10.5. The van der Waals surface area contributed by atoms with E-state index in [1.54, 1.807) is 0 Å². The number of nitrogens with two attached hydrogens (primary N) is 1. The first-order valence-corrected chi connectivity index (χ1v) is 6.35. The van der Waals surface area contributed by atoms with E-state index in [1.807, 2.05) is 24.3 Å². The van der Waals surface area contributed by atoms with Gasteiger partial charge in [-0.15, -0.1) is 0 Å². The maximum Gasteiger partial charge on any atom is 0.170 e. The van der Waals surface area contributed by atoms with Crippen LogP contribution < -0.4 is 11.2 Å². The summed E-state index contributed by atoms with van der Waals surface area (Å²) in [4.78, 5) is 0. The molecule has 0 aliphatic carbocycles. The molecule has 98 valence electrons. The van der Waals surface area contributed by atoms with E-state index in [9.17, 15) is 0 Å². The van der Waals surface area contributed by atoms with Crippen molar-refractivity contribution in [2.24, 2.45) is 10.9 Å². The zero-order chi connectivity index (χ0) is 12.8. The normalized spacial score (nSPS) is 17.9. The summed E-state index contributed by atoms with van der Waals surface area (Å²) in [5.74, 6) is 0.144. The Hall–Kier alpha value is -1.59. The highest BCUT2D eigenvalue weighted by Crippen LogP contribution is 2.08. The first-order valence-electron chi connectivity index (χ1n) is 6.35. The summed E-state index contributed by atoms with van der Waals surface area (Å²) < 4.78 is 0. The molecule has 0 radical (unpaired) electrons. The van der Waals surface area contributed by atoms with Gasteiger partial charge in [-0.2, -0.15) is 0 Å². The topological polar surface area (TPSA) is 73.9 Å². The molecule has 0 spiro atoms. The van der Waals surface area contributed by atoms with Crippen LogP contribution >= 0.6 is 0 Å². The Labute approximate surface area is 107 Å². The van der Waals surface area contributed by atoms with Crippen molar-refractivity contribution < 1.29 is 5.21 Å². The van der Waals surface area contributed by atoms with Gasteiger partial charge in [-0.05, 0) is 18.4 Å². The quantitative estimate of drug-likeness (QED) is 0.325. The molecule has 0 saturated carbocycles. The second-order valence-electron chi connectivity index (χ2n) is 4.56. The zero-order valence-electron chi connectivity index (χ0n) is 10.5. The van der Waals surface area contributed by atoms with Gasteiger partial charge in [-0.3, -0.25) is 5.43 Å². The molecule has 1 saturated heterocycles. The standard InChI is InChI=1S/C13H20N4O/c14-13(16-18)12-6-4-11(5-7-12)10-15-17-8-2-1-3-9-17/h4-7,15,18H,1-3,8-10H2,(H2,14,16). The summed E-state index contributed by atoms with van der Waals surface area (Å²) in [5.41, 5.74) is 10.9. The Balaban J connectivity index is 1.86. The second-order valence-corrected chi connectivity index (χ2v) is 4.56. The Morgan fingerprint density at radius 2 is 1.89 bits per heavy atom. The first-order chi connectivity index (χ1) is 8.79. The molecular weight excluding hydrogens is 228 g/mol. The van der Waals surface area contributed by atoms with Gasteiger partial charge in [-0.25, -0.2) is 5.01 Å². The van der Waals surface area contributed by atoms with Crippen molar-refractivity contribution in [2.75, 3.05) is 13.1 Å². The summed E-state index contributed by atoms with van der Waals surface area (Å²) >= 11 is 0. The summed E-state index contributed by atoms with van der Waals surface area (Å²) in [6.07, 6.45) is 3.89. The van der Waals surface area contributed by atoms with Crippen molar-refractivity contribution in [3.63, 3.8) is 0 Å². The van der Waals surface area contributed by atoms with E-state index >= 15 is 0 Å². The van der Waals surface area contributed by atoms with E-state index in [0.29, 0.717) is 0 Å². The van der Waals surface area contributed by atoms with Gasteiger partial charge in [0, 0.05) is 25.2 Å². The van der Waals surface area contributed by atoms with Crippen molar-refractivity contribution in [2.45, 2.75) is 25.8 Å². The fourth-order valence-electron chi connectivity index (χ4n) is 2.11. The van der Waals surface area contributed by atoms with E-state index in [2.05, 4.69) is 15.6 Å². The van der Waals surface area contributed by atoms with Crippen LogP contribution in [0.1, 0.15) is 30.4 Å². The lowest BCUT2D eigenvalue weighted by atomic mass is 10.1. The van der Waals surface area contributed by atoms with Crippen LogP contribution in [0.2, 0.25) is 0 Å². The highest BCUT2D eigenvalue weighted by Gasteiger charge is 2.08. The van der Waals surface area contributed by atoms with Crippen molar-refractivity contribution in [1.29, 1.82) is 0 Å². The number of amidine groups is 1. The summed E-state index contributed by atoms with van der Waals surface area (Å²) in [6.45, 7) is 3.07. The van der Waals surface area contributed by atoms with Gasteiger partial charge in [-0.1, -0.05) is 35.8 Å². The van der Waals surface area contributed by atoms with Crippen molar-refractivity contribution in [3.8, 4) is 0 Å². The van der Waals surface area contributed by atoms with Crippen molar-refractivity contribution in [1.82, 2.24) is 10.4 Å². The minimum absolute atomic E-state index is 0.144. The summed E-state index contributed by atoms with van der Waals surface area (Å²) in [7, 11) is 0. The number of hydrogen-bond acceptors (Lipinski definition) is 4. The van der Waals surface area contributed by atoms with Gasteiger partial charge >= 0.3 is 0 Å². The molecule has 2 rings (SSSR count). The molecule has 1 aliphatic rings. The minimum atomic E-state index is 0.144. The Kier molecular flexibility index (Phi) is 4.55. The summed E-state index contributed by atoms with van der Waals surface area (Å²) in [5, 5.41) is 13.8. The predicted octanol–water partition coefficient (Wildman–Crippen LogP) is 1.27. The van der Waals surface area contributed by atoms with E-state index in [1.165, 1.54) is 24.8 Å². The van der Waals surface area contributed by atoms with Crippen LogP contribution in [-0.4, -0.2) is 29.1 Å². The number of piperidine rings is 1. The maximum atomic E-state index is 8.58. The lowest BCUT2D eigenvalue weighted by molar-refractivity contribution is 0.151. The molecule has 0 bridgehead atoms. The highest BCUT2D eigenvalue weighted by molar-refractivity contribution is 5.96. The van der Waals surface area contributed by atoms with Gasteiger partial charge in [0.15, 0.2) is 5.84 Å². The highest BCUT2D eigenvalue weighted by atomic mass is 16.4. The van der Waals surface area contributed by atoms with Crippen LogP contribution in [0.15, 0.2) is 29.4 Å². The van der Waals surface area contributed by atoms with E-state index in [-0.39, 0.29) is 5.84 Å². The number of hydrogen-bond donors (Lipinski definition) is 3. The minimum Gasteiger partial charge on any atom is -0.409 e. The van der Waals surface area contributed by atoms with Crippen LogP contribution in [0.4, 0.5) is 0 Å². The molecule has 1 heterocycles. The number of nitrogens with zero attached hydrogens (tertiary/aromatic N) is 2. The molecule has 0 atom stereocenters. The largest absolute Gasteiger partial charge is 0.409 e. The van der Waals surface area contributed by atoms with Crippen LogP contribution in [0.5, 0.6) is 0 Å². The second kappa shape index (κ2) is 6.37. The number of rotatable bonds is 4. The predicted molar refractivity (Wildman–Crippen MR) is 71.2 cm³/mol. The van der Waals surface area contributed by atoms with E-state index in [4.69, 9.17) is 10.9 Å². The van der Waals surface area contributed by atoms with Gasteiger partial charge in [0.2, 0.25) is 0 Å². The number of nitrogens with one attached hydrogen (secondary N) is 1. The fourth-order valence-corrected chi connectivity index (χ4v) is 2.11. The molecule has 0 amide bonds. The molecule has 1 fully saturated rings. The average molecular weight is 248 g/mol. The summed E-state index contributed by atoms with van der Waals surface area (Å²) in [6, 6.07) is 7.71. The van der Waals surface area contributed by atoms with Crippen molar-refractivity contribution >= 4 is 5.84 Å². The third-order valence-corrected chi connectivity index (χ3v) is 3.22. The Bertz CT molecular complexity index is 396. The third kappa shape index (κ3) is 3.45. The Morgan fingerprint density at radius 1 is 1.22 bits per heavy atom. The van der Waals surface area contributed by atoms with Gasteiger partial charge in [0.05, 0.1) is 0 Å². The molecule has 4 N–H and O–H groups in total. The smallest absolute Gasteiger partial charge is 0.170 e. The van der Waals surface area contributed by atoms with Gasteiger partial charge in [0.25, 0.3) is 0 Å². The van der Waals surface area contributed by atoms with Crippen LogP contribution in [0.25, 0.3) is 0 Å². The molecule has 1 aliphatic heterocycles. The number of hydrazine groups is 1. The average Bonchev–Trinajstić information content (AvgIpc) is 2.46. The molecular formula is C13H20N4O. The molecule has 1 aromatic rings. The van der Waals surface area contributed by atoms with Crippen LogP contribution in [-0.2, 0) is 6.54 Å². The van der Waals surface area contributed by atoms with Gasteiger partial charge < -0.3 is 10.9 Å². The molecule has 5 nitrogen and oxygen atoms in total. The van der Waals surface area contributed by atoms with Crippen LogP contribution in [0, 0.1) is 0 Å². The lowest BCUT2D eigenvalue weighted by Crippen LogP contribution is -2.41. The lowest BCUT2D eigenvalue weighted by Gasteiger charge is -2.27. The molecule has 1 aromatic carbocycles. The van der Waals surface area contributed by atoms with Gasteiger partial charge in [0.1, 0.15) is 0 Å². The molecule has 18 heavy (non-hydrogen) atoms. The first kappa shape index (κ1) is 12.9. The molecule has 0 aromatic heterocycles. The van der Waals surface area contributed by atoms with E-state index < -0.39 is 0 Å². The number of oxime groups is 1. The monoisotopic (exact) mass is 248 g/mol.